The van der Waals surface area contributed by atoms with E-state index >= 15 is 0 Å². The highest BCUT2D eigenvalue weighted by Gasteiger charge is 2.10. The number of aromatic amines is 1. The number of hydrogen-bond acceptors (Lipinski definition) is 4. The normalized spacial score (nSPS) is 10.9. The fourth-order valence-electron chi connectivity index (χ4n) is 1.73. The molecule has 0 saturated heterocycles. The van der Waals surface area contributed by atoms with Crippen LogP contribution in [0.3, 0.4) is 0 Å². The van der Waals surface area contributed by atoms with E-state index in [2.05, 4.69) is 29.0 Å². The summed E-state index contributed by atoms with van der Waals surface area (Å²) in [5, 5.41) is 7.08. The molecule has 0 atom stereocenters. The fraction of sp³-hybridized carbons (Fsp3) is 0.417. The molecule has 6 heteroatoms. The first kappa shape index (κ1) is 12.8. The van der Waals surface area contributed by atoms with Crippen LogP contribution in [0.25, 0.3) is 0 Å². The van der Waals surface area contributed by atoms with Crippen LogP contribution in [0.2, 0.25) is 0 Å². The largest absolute Gasteiger partial charge is 0.481 e. The van der Waals surface area contributed by atoms with E-state index < -0.39 is 0 Å². The van der Waals surface area contributed by atoms with Gasteiger partial charge in [-0.05, 0) is 17.8 Å². The van der Waals surface area contributed by atoms with Crippen LogP contribution in [-0.2, 0) is 6.54 Å². The molecule has 1 N–H and O–H groups in total. The summed E-state index contributed by atoms with van der Waals surface area (Å²) in [6.45, 7) is 4.85. The van der Waals surface area contributed by atoms with Crippen molar-refractivity contribution < 1.29 is 4.74 Å². The van der Waals surface area contributed by atoms with Crippen molar-refractivity contribution in [2.24, 2.45) is 0 Å². The molecule has 0 amide bonds. The molecule has 2 aromatic rings. The number of H-pyrrole nitrogens is 1. The Morgan fingerprint density at radius 3 is 2.78 bits per heavy atom. The molecule has 0 unspecified atom stereocenters. The number of nitrogens with one attached hydrogen (secondary N) is 1. The van der Waals surface area contributed by atoms with E-state index in [9.17, 15) is 0 Å². The van der Waals surface area contributed by atoms with Gasteiger partial charge in [-0.3, -0.25) is 9.67 Å². The van der Waals surface area contributed by atoms with Crippen molar-refractivity contribution in [2.45, 2.75) is 26.3 Å². The summed E-state index contributed by atoms with van der Waals surface area (Å²) < 4.78 is 7.66. The maximum Gasteiger partial charge on any atom is 0.212 e. The van der Waals surface area contributed by atoms with Crippen LogP contribution in [-0.4, -0.2) is 26.9 Å². The molecule has 0 radical (unpaired) electrons. The Bertz CT molecular complexity index is 571. The average Bonchev–Trinajstić information content (AvgIpc) is 2.72. The van der Waals surface area contributed by atoms with Crippen LogP contribution in [0.1, 0.15) is 31.2 Å². The molecule has 0 aliphatic rings. The number of rotatable bonds is 4. The number of methoxy groups -OCH3 is 1. The first-order valence-corrected chi connectivity index (χ1v) is 6.16. The first-order valence-electron chi connectivity index (χ1n) is 5.76. The number of ether oxygens (including phenoxy) is 1. The summed E-state index contributed by atoms with van der Waals surface area (Å²) >= 11 is 5.24. The summed E-state index contributed by atoms with van der Waals surface area (Å²) in [5.41, 5.74) is 1.07. The lowest BCUT2D eigenvalue weighted by Gasteiger charge is -2.09. The molecule has 0 aliphatic carbocycles. The minimum atomic E-state index is 0.323. The summed E-state index contributed by atoms with van der Waals surface area (Å²) in [6, 6.07) is 3.82. The van der Waals surface area contributed by atoms with Crippen molar-refractivity contribution in [3.8, 4) is 5.88 Å². The Morgan fingerprint density at radius 1 is 1.44 bits per heavy atom. The van der Waals surface area contributed by atoms with Gasteiger partial charge in [0.1, 0.15) is 5.82 Å². The SMILES string of the molecule is COc1ccc(Cn2c(C(C)C)n[nH]c2=S)cn1. The molecule has 18 heavy (non-hydrogen) atoms. The van der Waals surface area contributed by atoms with Crippen molar-refractivity contribution in [3.05, 3.63) is 34.5 Å². The van der Waals surface area contributed by atoms with Crippen molar-refractivity contribution in [3.63, 3.8) is 0 Å². The summed E-state index contributed by atoms with van der Waals surface area (Å²) in [4.78, 5) is 4.18. The van der Waals surface area contributed by atoms with E-state index in [-0.39, 0.29) is 0 Å². The summed E-state index contributed by atoms with van der Waals surface area (Å²) in [6.07, 6.45) is 1.79. The minimum absolute atomic E-state index is 0.323. The van der Waals surface area contributed by atoms with Crippen molar-refractivity contribution in [1.82, 2.24) is 19.7 Å². The molecular formula is C12H16N4OS. The molecule has 0 bridgehead atoms. The average molecular weight is 264 g/mol. The van der Waals surface area contributed by atoms with Gasteiger partial charge in [-0.15, -0.1) is 0 Å². The quantitative estimate of drug-likeness (QED) is 0.862. The molecule has 0 fully saturated rings. The Labute approximate surface area is 111 Å². The lowest BCUT2D eigenvalue weighted by Crippen LogP contribution is -2.07. The molecular weight excluding hydrogens is 248 g/mol. The van der Waals surface area contributed by atoms with Crippen molar-refractivity contribution in [1.29, 1.82) is 0 Å². The fourth-order valence-corrected chi connectivity index (χ4v) is 1.93. The Balaban J connectivity index is 2.27. The lowest BCUT2D eigenvalue weighted by atomic mass is 10.2. The second-order valence-corrected chi connectivity index (χ2v) is 4.72. The van der Waals surface area contributed by atoms with Gasteiger partial charge in [0.2, 0.25) is 5.88 Å². The number of pyridine rings is 1. The number of hydrogen-bond donors (Lipinski definition) is 1. The maximum absolute atomic E-state index is 5.24. The Kier molecular flexibility index (Phi) is 3.76. The molecule has 0 saturated carbocycles. The van der Waals surface area contributed by atoms with Gasteiger partial charge in [0.15, 0.2) is 4.77 Å². The van der Waals surface area contributed by atoms with Crippen LogP contribution in [0.5, 0.6) is 5.88 Å². The van der Waals surface area contributed by atoms with Crippen molar-refractivity contribution >= 4 is 12.2 Å². The van der Waals surface area contributed by atoms with E-state index in [0.29, 0.717) is 23.1 Å². The first-order chi connectivity index (χ1) is 8.61. The Morgan fingerprint density at radius 2 is 2.22 bits per heavy atom. The third-order valence-corrected chi connectivity index (χ3v) is 2.96. The van der Waals surface area contributed by atoms with Crippen LogP contribution in [0.4, 0.5) is 0 Å². The second kappa shape index (κ2) is 5.30. The van der Waals surface area contributed by atoms with Crippen LogP contribution < -0.4 is 4.74 Å². The predicted octanol–water partition coefficient (Wildman–Crippen LogP) is 2.52. The van der Waals surface area contributed by atoms with Gasteiger partial charge >= 0.3 is 0 Å². The van der Waals surface area contributed by atoms with Gasteiger partial charge in [-0.25, -0.2) is 4.98 Å². The van der Waals surface area contributed by atoms with E-state index in [4.69, 9.17) is 17.0 Å². The van der Waals surface area contributed by atoms with E-state index in [1.165, 1.54) is 0 Å². The monoisotopic (exact) mass is 264 g/mol. The highest BCUT2D eigenvalue weighted by molar-refractivity contribution is 7.71. The van der Waals surface area contributed by atoms with Gasteiger partial charge in [0.05, 0.1) is 13.7 Å². The topological polar surface area (TPSA) is 55.7 Å². The highest BCUT2D eigenvalue weighted by atomic mass is 32.1. The van der Waals surface area contributed by atoms with E-state index in [0.717, 1.165) is 11.4 Å². The maximum atomic E-state index is 5.24. The third-order valence-electron chi connectivity index (χ3n) is 2.65. The zero-order chi connectivity index (χ0) is 13.1. The predicted molar refractivity (Wildman–Crippen MR) is 71.4 cm³/mol. The molecule has 0 aliphatic heterocycles. The zero-order valence-electron chi connectivity index (χ0n) is 10.7. The van der Waals surface area contributed by atoms with Gasteiger partial charge in [0.25, 0.3) is 0 Å². The third kappa shape index (κ3) is 2.59. The molecule has 2 heterocycles. The van der Waals surface area contributed by atoms with Gasteiger partial charge in [0, 0.05) is 18.2 Å². The molecule has 2 rings (SSSR count). The van der Waals surface area contributed by atoms with Crippen molar-refractivity contribution in [2.75, 3.05) is 7.11 Å². The van der Waals surface area contributed by atoms with E-state index in [1.54, 1.807) is 13.3 Å². The van der Waals surface area contributed by atoms with Gasteiger partial charge in [-0.1, -0.05) is 19.9 Å². The Hall–Kier alpha value is -1.69. The highest BCUT2D eigenvalue weighted by Crippen LogP contribution is 2.14. The lowest BCUT2D eigenvalue weighted by molar-refractivity contribution is 0.397. The van der Waals surface area contributed by atoms with Gasteiger partial charge < -0.3 is 4.74 Å². The second-order valence-electron chi connectivity index (χ2n) is 4.34. The standard InChI is InChI=1S/C12H16N4OS/c1-8(2)11-14-15-12(18)16(11)7-9-4-5-10(17-3)13-6-9/h4-6,8H,7H2,1-3H3,(H,15,18). The van der Waals surface area contributed by atoms with Crippen LogP contribution in [0.15, 0.2) is 18.3 Å². The molecule has 0 spiro atoms. The van der Waals surface area contributed by atoms with E-state index in [1.807, 2.05) is 16.7 Å². The van der Waals surface area contributed by atoms with Gasteiger partial charge in [-0.2, -0.15) is 5.10 Å². The number of aromatic nitrogens is 4. The smallest absolute Gasteiger partial charge is 0.212 e. The minimum Gasteiger partial charge on any atom is -0.481 e. The molecule has 0 aromatic carbocycles. The number of nitrogens with zero attached hydrogens (tertiary/aromatic N) is 3. The molecule has 5 nitrogen and oxygen atoms in total. The zero-order valence-corrected chi connectivity index (χ0v) is 11.5. The molecule has 96 valence electrons. The van der Waals surface area contributed by atoms with Crippen LogP contribution in [0, 0.1) is 4.77 Å². The molecule has 2 aromatic heterocycles. The summed E-state index contributed by atoms with van der Waals surface area (Å²) in [7, 11) is 1.60. The van der Waals surface area contributed by atoms with Crippen LogP contribution >= 0.6 is 12.2 Å². The summed E-state index contributed by atoms with van der Waals surface area (Å²) in [5.74, 6) is 1.89.